The minimum absolute atomic E-state index is 0.0502. The summed E-state index contributed by atoms with van der Waals surface area (Å²) in [6.45, 7) is 5.21. The van der Waals surface area contributed by atoms with Gasteiger partial charge in [-0.2, -0.15) is 0 Å². The third kappa shape index (κ3) is 7.08. The predicted octanol–water partition coefficient (Wildman–Crippen LogP) is 3.91. The van der Waals surface area contributed by atoms with E-state index >= 15 is 0 Å². The molecule has 0 spiro atoms. The van der Waals surface area contributed by atoms with Crippen molar-refractivity contribution in [3.63, 3.8) is 0 Å². The summed E-state index contributed by atoms with van der Waals surface area (Å²) in [7, 11) is -3.48. The summed E-state index contributed by atoms with van der Waals surface area (Å²) >= 11 is 0. The van der Waals surface area contributed by atoms with Gasteiger partial charge in [-0.05, 0) is 61.1 Å². The van der Waals surface area contributed by atoms with Gasteiger partial charge in [0, 0.05) is 18.2 Å². The summed E-state index contributed by atoms with van der Waals surface area (Å²) in [6.07, 6.45) is 4.58. The van der Waals surface area contributed by atoms with Gasteiger partial charge in [0.2, 0.25) is 10.0 Å². The highest BCUT2D eigenvalue weighted by Crippen LogP contribution is 2.20. The van der Waals surface area contributed by atoms with Crippen LogP contribution in [0.2, 0.25) is 0 Å². The molecule has 6 nitrogen and oxygen atoms in total. The molecule has 1 amide bonds. The molecule has 7 heteroatoms. The zero-order chi connectivity index (χ0) is 22.3. The second kappa shape index (κ2) is 10.8. The van der Waals surface area contributed by atoms with Crippen molar-refractivity contribution in [1.82, 2.24) is 10.0 Å². The van der Waals surface area contributed by atoms with Crippen molar-refractivity contribution in [3.05, 3.63) is 59.7 Å². The first-order valence-electron chi connectivity index (χ1n) is 11.0. The average Bonchev–Trinajstić information content (AvgIpc) is 3.25. The SMILES string of the molecule is CC(C)COc1cccc(C(=O)NCCc2ccc(S(=O)(=O)NC3CCCC3)cc2)c1. The molecular formula is C24H32N2O4S. The van der Waals surface area contributed by atoms with Crippen LogP contribution in [-0.2, 0) is 16.4 Å². The number of nitrogens with one attached hydrogen (secondary N) is 2. The molecule has 2 N–H and O–H groups in total. The van der Waals surface area contributed by atoms with Crippen LogP contribution in [0.1, 0.15) is 55.5 Å². The van der Waals surface area contributed by atoms with E-state index in [0.29, 0.717) is 36.8 Å². The van der Waals surface area contributed by atoms with Gasteiger partial charge in [-0.25, -0.2) is 13.1 Å². The second-order valence-electron chi connectivity index (χ2n) is 8.49. The number of hydrogen-bond donors (Lipinski definition) is 2. The smallest absolute Gasteiger partial charge is 0.251 e. The number of ether oxygens (including phenoxy) is 1. The Hall–Kier alpha value is -2.38. The summed E-state index contributed by atoms with van der Waals surface area (Å²) in [5.74, 6) is 0.941. The zero-order valence-electron chi connectivity index (χ0n) is 18.3. The maximum absolute atomic E-state index is 12.5. The van der Waals surface area contributed by atoms with E-state index < -0.39 is 10.0 Å². The number of carbonyl (C=O) groups is 1. The Balaban J connectivity index is 1.49. The number of rotatable bonds is 10. The molecule has 0 atom stereocenters. The van der Waals surface area contributed by atoms with Crippen molar-refractivity contribution in [2.24, 2.45) is 5.92 Å². The lowest BCUT2D eigenvalue weighted by molar-refractivity contribution is 0.0953. The quantitative estimate of drug-likeness (QED) is 0.582. The summed E-state index contributed by atoms with van der Waals surface area (Å²) in [5.41, 5.74) is 1.52. The van der Waals surface area contributed by atoms with Crippen molar-refractivity contribution in [3.8, 4) is 5.75 Å². The highest BCUT2D eigenvalue weighted by molar-refractivity contribution is 7.89. The molecule has 1 aliphatic carbocycles. The van der Waals surface area contributed by atoms with Gasteiger partial charge in [-0.1, -0.05) is 44.9 Å². The monoisotopic (exact) mass is 444 g/mol. The van der Waals surface area contributed by atoms with E-state index in [-0.39, 0.29) is 16.8 Å². The molecule has 0 saturated heterocycles. The molecule has 168 valence electrons. The number of hydrogen-bond acceptors (Lipinski definition) is 4. The molecule has 2 aromatic rings. The molecule has 31 heavy (non-hydrogen) atoms. The van der Waals surface area contributed by atoms with Gasteiger partial charge >= 0.3 is 0 Å². The Morgan fingerprint density at radius 3 is 2.48 bits per heavy atom. The van der Waals surface area contributed by atoms with Crippen LogP contribution in [0.4, 0.5) is 0 Å². The largest absolute Gasteiger partial charge is 0.493 e. The highest BCUT2D eigenvalue weighted by atomic mass is 32.2. The third-order valence-electron chi connectivity index (χ3n) is 5.29. The van der Waals surface area contributed by atoms with Crippen LogP contribution >= 0.6 is 0 Å². The van der Waals surface area contributed by atoms with Gasteiger partial charge in [-0.3, -0.25) is 4.79 Å². The summed E-state index contributed by atoms with van der Waals surface area (Å²) in [6, 6.07) is 14.1. The molecule has 0 aromatic heterocycles. The molecule has 3 rings (SSSR count). The van der Waals surface area contributed by atoms with Crippen molar-refractivity contribution in [2.75, 3.05) is 13.2 Å². The lowest BCUT2D eigenvalue weighted by Crippen LogP contribution is -2.32. The van der Waals surface area contributed by atoms with Crippen LogP contribution < -0.4 is 14.8 Å². The van der Waals surface area contributed by atoms with E-state index in [9.17, 15) is 13.2 Å². The van der Waals surface area contributed by atoms with Crippen LogP contribution in [0, 0.1) is 5.92 Å². The number of benzene rings is 2. The van der Waals surface area contributed by atoms with Gasteiger partial charge in [-0.15, -0.1) is 0 Å². The molecule has 0 unspecified atom stereocenters. The van der Waals surface area contributed by atoms with Crippen LogP contribution in [-0.4, -0.2) is 33.5 Å². The number of amides is 1. The van der Waals surface area contributed by atoms with Gasteiger partial charge in [0.1, 0.15) is 5.75 Å². The standard InChI is InChI=1S/C24H32N2O4S/c1-18(2)17-30-22-9-5-6-20(16-22)24(27)25-15-14-19-10-12-23(13-11-19)31(28,29)26-21-7-3-4-8-21/h5-6,9-13,16,18,21,26H,3-4,7-8,14-15,17H2,1-2H3,(H,25,27). The van der Waals surface area contributed by atoms with Gasteiger partial charge < -0.3 is 10.1 Å². The van der Waals surface area contributed by atoms with E-state index in [1.54, 1.807) is 36.4 Å². The lowest BCUT2D eigenvalue weighted by atomic mass is 10.1. The van der Waals surface area contributed by atoms with Crippen LogP contribution in [0.25, 0.3) is 0 Å². The van der Waals surface area contributed by atoms with E-state index in [0.717, 1.165) is 31.2 Å². The number of carbonyl (C=O) groups excluding carboxylic acids is 1. The van der Waals surface area contributed by atoms with Crippen LogP contribution in [0.5, 0.6) is 5.75 Å². The van der Waals surface area contributed by atoms with Gasteiger partial charge in [0.15, 0.2) is 0 Å². The molecule has 1 saturated carbocycles. The third-order valence-corrected chi connectivity index (χ3v) is 6.83. The average molecular weight is 445 g/mol. The van der Waals surface area contributed by atoms with Crippen molar-refractivity contribution < 1.29 is 17.9 Å². The number of sulfonamides is 1. The van der Waals surface area contributed by atoms with Gasteiger partial charge in [0.05, 0.1) is 11.5 Å². The molecule has 1 aliphatic rings. The zero-order valence-corrected chi connectivity index (χ0v) is 19.1. The Morgan fingerprint density at radius 2 is 1.81 bits per heavy atom. The van der Waals surface area contributed by atoms with Crippen molar-refractivity contribution in [1.29, 1.82) is 0 Å². The topological polar surface area (TPSA) is 84.5 Å². The minimum Gasteiger partial charge on any atom is -0.493 e. The molecular weight excluding hydrogens is 412 g/mol. The minimum atomic E-state index is -3.48. The van der Waals surface area contributed by atoms with Crippen LogP contribution in [0.15, 0.2) is 53.4 Å². The molecule has 0 radical (unpaired) electrons. The first-order valence-corrected chi connectivity index (χ1v) is 12.4. The van der Waals surface area contributed by atoms with Crippen molar-refractivity contribution >= 4 is 15.9 Å². The maximum Gasteiger partial charge on any atom is 0.251 e. The highest BCUT2D eigenvalue weighted by Gasteiger charge is 2.22. The Labute approximate surface area is 185 Å². The summed E-state index contributed by atoms with van der Waals surface area (Å²) in [4.78, 5) is 12.7. The summed E-state index contributed by atoms with van der Waals surface area (Å²) < 4.78 is 33.5. The maximum atomic E-state index is 12.5. The molecule has 1 fully saturated rings. The first kappa shape index (κ1) is 23.3. The lowest BCUT2D eigenvalue weighted by Gasteiger charge is -2.13. The van der Waals surface area contributed by atoms with Gasteiger partial charge in [0.25, 0.3) is 5.91 Å². The molecule has 0 heterocycles. The van der Waals surface area contributed by atoms with E-state index in [2.05, 4.69) is 23.9 Å². The Bertz CT molecular complexity index is 965. The second-order valence-corrected chi connectivity index (χ2v) is 10.2. The Morgan fingerprint density at radius 1 is 1.10 bits per heavy atom. The molecule has 0 aliphatic heterocycles. The summed E-state index contributed by atoms with van der Waals surface area (Å²) in [5, 5.41) is 2.91. The van der Waals surface area contributed by atoms with Crippen LogP contribution in [0.3, 0.4) is 0 Å². The van der Waals surface area contributed by atoms with E-state index in [4.69, 9.17) is 4.74 Å². The molecule has 2 aromatic carbocycles. The molecule has 0 bridgehead atoms. The fourth-order valence-electron chi connectivity index (χ4n) is 3.58. The predicted molar refractivity (Wildman–Crippen MR) is 122 cm³/mol. The first-order chi connectivity index (χ1) is 14.8. The Kier molecular flexibility index (Phi) is 8.09. The fraction of sp³-hybridized carbons (Fsp3) is 0.458. The van der Waals surface area contributed by atoms with E-state index in [1.807, 2.05) is 12.1 Å². The fourth-order valence-corrected chi connectivity index (χ4v) is 4.88. The van der Waals surface area contributed by atoms with Crippen molar-refractivity contribution in [2.45, 2.75) is 56.9 Å². The normalized spacial score (nSPS) is 14.7. The van der Waals surface area contributed by atoms with E-state index in [1.165, 1.54) is 0 Å².